The van der Waals surface area contributed by atoms with Crippen molar-refractivity contribution in [1.82, 2.24) is 9.97 Å². The molecular weight excluding hydrogens is 817 g/mol. The Morgan fingerprint density at radius 3 is 1.96 bits per heavy atom. The zero-order valence-electron chi connectivity index (χ0n) is 32.1. The molecule has 0 spiro atoms. The third-order valence-corrected chi connectivity index (χ3v) is 10.5. The fraction of sp³-hybridized carbons (Fsp3) is 0.383. The number of aryl methyl sites for hydroxylation is 4. The summed E-state index contributed by atoms with van der Waals surface area (Å²) in [4.78, 5) is 21.2. The summed E-state index contributed by atoms with van der Waals surface area (Å²) in [6.07, 6.45) is 10.7. The second-order valence-corrected chi connectivity index (χ2v) is 15.0. The number of aliphatic hydroxyl groups excluding tert-OH is 1. The number of nitrogens with zero attached hydrogens (tertiary/aromatic N) is 2. The van der Waals surface area contributed by atoms with Crippen LogP contribution in [-0.2, 0) is 56.0 Å². The van der Waals surface area contributed by atoms with E-state index in [2.05, 4.69) is 106 Å². The van der Waals surface area contributed by atoms with E-state index >= 15 is 0 Å². The van der Waals surface area contributed by atoms with Crippen LogP contribution in [0.15, 0.2) is 97.0 Å². The van der Waals surface area contributed by atoms with Crippen LogP contribution in [0.4, 0.5) is 0 Å². The molecule has 4 nitrogen and oxygen atoms in total. The number of carbonyl (C=O) groups excluding carboxylic acids is 1. The van der Waals surface area contributed by atoms with Gasteiger partial charge in [0.15, 0.2) is 5.78 Å². The Hall–Kier alpha value is -3.92. The van der Waals surface area contributed by atoms with Crippen LogP contribution in [0.1, 0.15) is 102 Å². The summed E-state index contributed by atoms with van der Waals surface area (Å²) in [7, 11) is 0. The van der Waals surface area contributed by atoms with Crippen LogP contribution >= 0.6 is 0 Å². The Labute approximate surface area is 325 Å². The van der Waals surface area contributed by atoms with Gasteiger partial charge in [-0.2, -0.15) is 0 Å². The summed E-state index contributed by atoms with van der Waals surface area (Å²) in [5.74, 6) is 0.547. The van der Waals surface area contributed by atoms with E-state index in [0.717, 1.165) is 73.7 Å². The molecule has 0 aliphatic heterocycles. The molecule has 275 valence electrons. The first-order valence-corrected chi connectivity index (χ1v) is 19.0. The maximum absolute atomic E-state index is 11.7. The Morgan fingerprint density at radius 1 is 0.750 bits per heavy atom. The van der Waals surface area contributed by atoms with Crippen molar-refractivity contribution < 1.29 is 30.0 Å². The van der Waals surface area contributed by atoms with Crippen molar-refractivity contribution in [2.24, 2.45) is 11.8 Å². The van der Waals surface area contributed by atoms with Gasteiger partial charge in [-0.1, -0.05) is 114 Å². The van der Waals surface area contributed by atoms with E-state index in [1.54, 1.807) is 6.33 Å². The molecule has 0 fully saturated rings. The van der Waals surface area contributed by atoms with Gasteiger partial charge in [0, 0.05) is 49.3 Å². The molecule has 1 aromatic heterocycles. The average Bonchev–Trinajstić information content (AvgIpc) is 3.13. The minimum atomic E-state index is 0. The molecule has 0 amide bonds. The third-order valence-electron chi connectivity index (χ3n) is 10.5. The van der Waals surface area contributed by atoms with Crippen LogP contribution in [0.3, 0.4) is 0 Å². The second kappa shape index (κ2) is 18.7. The molecule has 4 aliphatic carbocycles. The van der Waals surface area contributed by atoms with Crippen LogP contribution in [0.2, 0.25) is 0 Å². The van der Waals surface area contributed by atoms with E-state index in [1.807, 2.05) is 27.7 Å². The number of benzene rings is 4. The topological polar surface area (TPSA) is 63.1 Å². The SMILES string of the molecule is CC(C)(C)c1cc(-c2cc(-c3cc4ccc3CCc3ccc(cc3)CC4)ncn2)[c-]c2ccccc12.CCC(CC)C(=O)/C=C(\O)C(CC)CC.[Ir]. The molecule has 4 aromatic carbocycles. The van der Waals surface area contributed by atoms with Gasteiger partial charge in [-0.25, -0.2) is 4.98 Å². The molecule has 9 rings (SSSR count). The van der Waals surface area contributed by atoms with Crippen LogP contribution < -0.4 is 0 Å². The largest absolute Gasteiger partial charge is 0.512 e. The van der Waals surface area contributed by atoms with Crippen molar-refractivity contribution in [2.45, 2.75) is 105 Å². The van der Waals surface area contributed by atoms with Crippen molar-refractivity contribution in [1.29, 1.82) is 0 Å². The average molecular weight is 872 g/mol. The summed E-state index contributed by atoms with van der Waals surface area (Å²) >= 11 is 0. The molecule has 52 heavy (non-hydrogen) atoms. The van der Waals surface area contributed by atoms with Gasteiger partial charge in [0.1, 0.15) is 6.33 Å². The molecule has 4 bridgehead atoms. The summed E-state index contributed by atoms with van der Waals surface area (Å²) in [6.45, 7) is 14.9. The Kier molecular flexibility index (Phi) is 14.7. The van der Waals surface area contributed by atoms with Gasteiger partial charge in [-0.3, -0.25) is 9.78 Å². The quantitative estimate of drug-likeness (QED) is 0.0910. The first kappa shape index (κ1) is 40.8. The predicted octanol–water partition coefficient (Wildman–Crippen LogP) is 11.8. The van der Waals surface area contributed by atoms with Gasteiger partial charge in [-0.15, -0.1) is 29.1 Å². The van der Waals surface area contributed by atoms with Gasteiger partial charge >= 0.3 is 0 Å². The molecular formula is C47H55IrN2O2-. The van der Waals surface area contributed by atoms with Crippen LogP contribution in [0.5, 0.6) is 0 Å². The number of ketones is 1. The summed E-state index contributed by atoms with van der Waals surface area (Å²) < 4.78 is 0. The van der Waals surface area contributed by atoms with Crippen molar-refractivity contribution in [3.8, 4) is 22.5 Å². The molecule has 4 aliphatic rings. The Morgan fingerprint density at radius 2 is 1.33 bits per heavy atom. The maximum atomic E-state index is 11.7. The van der Waals surface area contributed by atoms with Gasteiger partial charge in [0.05, 0.1) is 11.5 Å². The summed E-state index contributed by atoms with van der Waals surface area (Å²) in [6, 6.07) is 32.7. The summed E-state index contributed by atoms with van der Waals surface area (Å²) in [5.41, 5.74) is 11.0. The monoisotopic (exact) mass is 872 g/mol. The standard InChI is InChI=1S/C34H31N2.C13H24O2.Ir/c1-34(2,3)31-20-28(19-27-6-4-5-7-29(27)31)32-21-33(36-22-35-32)30-18-25-13-12-23-8-10-24(11-9-23)14-16-26(30)17-15-25;1-5-10(6-2)12(14)9-13(15)11(7-3)8-4;/h4-11,15,17-18,20-22H,12-14,16H2,1-3H3;9-11,14H,5-8H2,1-4H3;/q-1;;/b;12-9-;. The zero-order valence-corrected chi connectivity index (χ0v) is 34.5. The number of aromatic nitrogens is 2. The molecule has 1 radical (unpaired) electrons. The van der Waals surface area contributed by atoms with Crippen LogP contribution in [0, 0.1) is 17.9 Å². The minimum absolute atomic E-state index is 0. The molecule has 5 heteroatoms. The van der Waals surface area contributed by atoms with Crippen molar-refractivity contribution in [3.05, 3.63) is 131 Å². The number of hydrogen-bond acceptors (Lipinski definition) is 4. The first-order chi connectivity index (χ1) is 24.5. The number of aliphatic hydroxyl groups is 1. The van der Waals surface area contributed by atoms with Crippen molar-refractivity contribution >= 4 is 16.6 Å². The van der Waals surface area contributed by atoms with Crippen molar-refractivity contribution in [3.63, 3.8) is 0 Å². The maximum Gasteiger partial charge on any atom is 0.162 e. The number of rotatable bonds is 9. The van der Waals surface area contributed by atoms with E-state index in [4.69, 9.17) is 9.97 Å². The zero-order chi connectivity index (χ0) is 36.5. The van der Waals surface area contributed by atoms with Crippen molar-refractivity contribution in [2.75, 3.05) is 0 Å². The normalized spacial score (nSPS) is 13.0. The first-order valence-electron chi connectivity index (χ1n) is 19.0. The molecule has 5 aromatic rings. The van der Waals surface area contributed by atoms with Gasteiger partial charge in [-0.05, 0) is 91.2 Å². The van der Waals surface area contributed by atoms with Gasteiger partial charge in [0.2, 0.25) is 0 Å². The third kappa shape index (κ3) is 10.1. The van der Waals surface area contributed by atoms with Crippen LogP contribution in [-0.4, -0.2) is 20.9 Å². The van der Waals surface area contributed by atoms with E-state index in [0.29, 0.717) is 0 Å². The van der Waals surface area contributed by atoms with E-state index in [-0.39, 0.29) is 48.9 Å². The fourth-order valence-electron chi connectivity index (χ4n) is 7.10. The minimum Gasteiger partial charge on any atom is -0.512 e. The Bertz CT molecular complexity index is 1960. The van der Waals surface area contributed by atoms with Gasteiger partial charge < -0.3 is 5.11 Å². The molecule has 0 saturated heterocycles. The molecule has 0 unspecified atom stereocenters. The Balaban J connectivity index is 0.000000323. The van der Waals surface area contributed by atoms with E-state index in [9.17, 15) is 9.90 Å². The summed E-state index contributed by atoms with van der Waals surface area (Å²) in [5, 5.41) is 12.1. The number of carbonyl (C=O) groups is 1. The second-order valence-electron chi connectivity index (χ2n) is 15.0. The molecule has 1 heterocycles. The number of fused-ring (bicyclic) bond motifs is 1. The van der Waals surface area contributed by atoms with E-state index in [1.165, 1.54) is 44.8 Å². The number of hydrogen-bond donors (Lipinski definition) is 1. The molecule has 1 N–H and O–H groups in total. The van der Waals surface area contributed by atoms with Gasteiger partial charge in [0.25, 0.3) is 0 Å². The molecule has 0 saturated carbocycles. The van der Waals surface area contributed by atoms with Crippen LogP contribution in [0.25, 0.3) is 33.3 Å². The smallest absolute Gasteiger partial charge is 0.162 e. The van der Waals surface area contributed by atoms with E-state index < -0.39 is 0 Å². The fourth-order valence-corrected chi connectivity index (χ4v) is 7.10. The predicted molar refractivity (Wildman–Crippen MR) is 213 cm³/mol. The molecule has 0 atom stereocenters. The number of allylic oxidation sites excluding steroid dienone is 2.